The van der Waals surface area contributed by atoms with Crippen molar-refractivity contribution < 1.29 is 29.0 Å². The number of benzene rings is 2. The fourth-order valence-electron chi connectivity index (χ4n) is 5.73. The van der Waals surface area contributed by atoms with Gasteiger partial charge in [0.05, 0.1) is 24.1 Å². The Morgan fingerprint density at radius 1 is 1.03 bits per heavy atom. The highest BCUT2D eigenvalue weighted by Crippen LogP contribution is 2.47. The highest BCUT2D eigenvalue weighted by atomic mass is 35.5. The van der Waals surface area contributed by atoms with Crippen molar-refractivity contribution in [1.29, 1.82) is 0 Å². The first-order chi connectivity index (χ1) is 18.8. The molecule has 8 nitrogen and oxygen atoms in total. The van der Waals surface area contributed by atoms with Crippen molar-refractivity contribution in [3.8, 4) is 0 Å². The van der Waals surface area contributed by atoms with Crippen LogP contribution >= 0.6 is 23.2 Å². The molecule has 0 bridgehead atoms. The number of nitrogens with zero attached hydrogens (tertiary/aromatic N) is 1. The van der Waals surface area contributed by atoms with E-state index in [4.69, 9.17) is 32.7 Å². The van der Waals surface area contributed by atoms with Crippen LogP contribution in [0.3, 0.4) is 0 Å². The number of halogens is 2. The molecule has 1 fully saturated rings. The van der Waals surface area contributed by atoms with Crippen LogP contribution in [-0.4, -0.2) is 51.6 Å². The highest BCUT2D eigenvalue weighted by molar-refractivity contribution is 6.35. The van der Waals surface area contributed by atoms with E-state index in [0.29, 0.717) is 45.3 Å². The van der Waals surface area contributed by atoms with Gasteiger partial charge in [-0.25, -0.2) is 4.79 Å². The number of fused-ring (bicyclic) bond motifs is 1. The Labute approximate surface area is 235 Å². The summed E-state index contributed by atoms with van der Waals surface area (Å²) in [5.74, 6) is -2.31. The van der Waals surface area contributed by atoms with E-state index in [9.17, 15) is 19.5 Å². The average molecular weight is 571 g/mol. The lowest BCUT2D eigenvalue weighted by molar-refractivity contribution is -0.125. The lowest BCUT2D eigenvalue weighted by Crippen LogP contribution is -2.55. The van der Waals surface area contributed by atoms with Gasteiger partial charge in [-0.2, -0.15) is 0 Å². The van der Waals surface area contributed by atoms with Gasteiger partial charge in [-0.05, 0) is 54.3 Å². The standard InChI is InChI=1S/C29H28Cl2N2O6/c30-16-9-11-20(21(31)15-16)26-25(27(35)32-14-13-17-10-12-24(39-17)29(37)38)18-5-1-2-6-19(18)28(36)33(26)22-7-3-4-8-23(22)34/h1-2,5-6,9-12,15,22-23,25-26,34H,3-4,7-8,13-14H2,(H,32,35)(H,37,38)/t22-,23-,25+,26-/m0/s1. The molecule has 10 heteroatoms. The topological polar surface area (TPSA) is 120 Å². The van der Waals surface area contributed by atoms with Crippen LogP contribution in [0.4, 0.5) is 0 Å². The van der Waals surface area contributed by atoms with E-state index < -0.39 is 30.1 Å². The summed E-state index contributed by atoms with van der Waals surface area (Å²) in [5, 5.41) is 23.8. The molecule has 0 radical (unpaired) electrons. The first-order valence-electron chi connectivity index (χ1n) is 12.9. The van der Waals surface area contributed by atoms with Crippen LogP contribution in [0.5, 0.6) is 0 Å². The third kappa shape index (κ3) is 5.41. The summed E-state index contributed by atoms with van der Waals surface area (Å²) >= 11 is 12.9. The molecule has 1 saturated carbocycles. The Balaban J connectivity index is 1.53. The average Bonchev–Trinajstić information content (AvgIpc) is 3.39. The molecule has 3 aromatic rings. The Morgan fingerprint density at radius 3 is 2.51 bits per heavy atom. The van der Waals surface area contributed by atoms with Crippen LogP contribution in [0.1, 0.15) is 75.4 Å². The zero-order valence-corrected chi connectivity index (χ0v) is 22.5. The monoisotopic (exact) mass is 570 g/mol. The number of nitrogens with one attached hydrogen (secondary N) is 1. The van der Waals surface area contributed by atoms with E-state index in [-0.39, 0.29) is 30.5 Å². The fraction of sp³-hybridized carbons (Fsp3) is 0.345. The maximum atomic E-state index is 14.0. The second-order valence-electron chi connectivity index (χ2n) is 9.92. The van der Waals surface area contributed by atoms with Gasteiger partial charge in [-0.15, -0.1) is 0 Å². The van der Waals surface area contributed by atoms with Crippen LogP contribution in [0.2, 0.25) is 10.0 Å². The van der Waals surface area contributed by atoms with Crippen molar-refractivity contribution in [2.75, 3.05) is 6.54 Å². The third-order valence-corrected chi connectivity index (χ3v) is 8.10. The van der Waals surface area contributed by atoms with Crippen molar-refractivity contribution in [3.05, 3.63) is 92.9 Å². The molecule has 0 saturated heterocycles. The SMILES string of the molecule is O=C(O)c1ccc(CCNC(=O)[C@@H]2c3ccccc3C(=O)N([C@H]3CCCC[C@@H]3O)[C@H]2c2ccc(Cl)cc2Cl)o1. The van der Waals surface area contributed by atoms with Crippen molar-refractivity contribution in [2.24, 2.45) is 0 Å². The maximum absolute atomic E-state index is 14.0. The van der Waals surface area contributed by atoms with Gasteiger partial charge >= 0.3 is 5.97 Å². The quantitative estimate of drug-likeness (QED) is 0.358. The molecule has 3 N–H and O–H groups in total. The number of aliphatic hydroxyl groups is 1. The minimum absolute atomic E-state index is 0.171. The van der Waals surface area contributed by atoms with Gasteiger partial charge in [0.2, 0.25) is 11.7 Å². The summed E-state index contributed by atoms with van der Waals surface area (Å²) in [7, 11) is 0. The van der Waals surface area contributed by atoms with Gasteiger partial charge in [0.25, 0.3) is 5.91 Å². The van der Waals surface area contributed by atoms with Gasteiger partial charge in [0, 0.05) is 28.6 Å². The number of amides is 2. The maximum Gasteiger partial charge on any atom is 0.371 e. The number of carbonyl (C=O) groups excluding carboxylic acids is 2. The molecule has 204 valence electrons. The van der Waals surface area contributed by atoms with E-state index in [1.165, 1.54) is 6.07 Å². The first-order valence-corrected chi connectivity index (χ1v) is 13.7. The molecule has 2 aliphatic rings. The van der Waals surface area contributed by atoms with Crippen LogP contribution in [0.15, 0.2) is 59.0 Å². The predicted molar refractivity (Wildman–Crippen MR) is 145 cm³/mol. The number of hydrogen-bond donors (Lipinski definition) is 3. The minimum Gasteiger partial charge on any atom is -0.475 e. The van der Waals surface area contributed by atoms with Gasteiger partial charge in [-0.1, -0.05) is 60.3 Å². The number of carboxylic acids is 1. The second kappa shape index (κ2) is 11.4. The Kier molecular flexibility index (Phi) is 7.98. The number of carboxylic acid groups (broad SMARTS) is 1. The van der Waals surface area contributed by atoms with Crippen LogP contribution < -0.4 is 5.32 Å². The fourth-order valence-corrected chi connectivity index (χ4v) is 6.25. The predicted octanol–water partition coefficient (Wildman–Crippen LogP) is 5.23. The minimum atomic E-state index is -1.17. The summed E-state index contributed by atoms with van der Waals surface area (Å²) in [6, 6.07) is 13.7. The summed E-state index contributed by atoms with van der Waals surface area (Å²) in [5.41, 5.74) is 1.55. The van der Waals surface area contributed by atoms with Crippen molar-refractivity contribution >= 4 is 41.0 Å². The molecule has 39 heavy (non-hydrogen) atoms. The van der Waals surface area contributed by atoms with E-state index in [1.54, 1.807) is 53.4 Å². The Bertz CT molecular complexity index is 1410. The summed E-state index contributed by atoms with van der Waals surface area (Å²) < 4.78 is 5.31. The van der Waals surface area contributed by atoms with E-state index in [0.717, 1.165) is 12.8 Å². The summed E-state index contributed by atoms with van der Waals surface area (Å²) in [6.07, 6.45) is 2.44. The largest absolute Gasteiger partial charge is 0.475 e. The molecule has 0 unspecified atom stereocenters. The van der Waals surface area contributed by atoms with Crippen LogP contribution in [0, 0.1) is 0 Å². The van der Waals surface area contributed by atoms with Gasteiger partial charge in [-0.3, -0.25) is 9.59 Å². The van der Waals surface area contributed by atoms with Crippen molar-refractivity contribution in [1.82, 2.24) is 10.2 Å². The molecule has 2 heterocycles. The van der Waals surface area contributed by atoms with Crippen LogP contribution in [0.25, 0.3) is 0 Å². The Hall–Kier alpha value is -3.33. The molecule has 1 aliphatic heterocycles. The molecule has 4 atom stereocenters. The highest BCUT2D eigenvalue weighted by Gasteiger charge is 2.48. The first kappa shape index (κ1) is 27.2. The number of hydrogen-bond acceptors (Lipinski definition) is 5. The van der Waals surface area contributed by atoms with Crippen molar-refractivity contribution in [2.45, 2.75) is 56.2 Å². The lowest BCUT2D eigenvalue weighted by atomic mass is 9.76. The lowest BCUT2D eigenvalue weighted by Gasteiger charge is -2.48. The molecule has 1 aromatic heterocycles. The van der Waals surface area contributed by atoms with Gasteiger partial charge in [0.15, 0.2) is 0 Å². The molecule has 0 spiro atoms. The number of furan rings is 1. The van der Waals surface area contributed by atoms with Gasteiger partial charge in [0.1, 0.15) is 5.76 Å². The molecule has 2 aromatic carbocycles. The van der Waals surface area contributed by atoms with Gasteiger partial charge < -0.3 is 24.8 Å². The van der Waals surface area contributed by atoms with Crippen LogP contribution in [-0.2, 0) is 11.2 Å². The smallest absolute Gasteiger partial charge is 0.371 e. The molecular formula is C29H28Cl2N2O6. The molecular weight excluding hydrogens is 543 g/mol. The molecule has 1 aliphatic carbocycles. The van der Waals surface area contributed by atoms with E-state index >= 15 is 0 Å². The zero-order valence-electron chi connectivity index (χ0n) is 21.0. The number of aliphatic hydroxyl groups excluding tert-OH is 1. The van der Waals surface area contributed by atoms with Crippen molar-refractivity contribution in [3.63, 3.8) is 0 Å². The third-order valence-electron chi connectivity index (χ3n) is 7.53. The normalized spacial score (nSPS) is 22.8. The number of rotatable bonds is 7. The van der Waals surface area contributed by atoms with E-state index in [1.807, 2.05) is 0 Å². The second-order valence-corrected chi connectivity index (χ2v) is 10.8. The summed E-state index contributed by atoms with van der Waals surface area (Å²) in [6.45, 7) is 0.186. The van der Waals surface area contributed by atoms with E-state index in [2.05, 4.69) is 5.32 Å². The molecule has 5 rings (SSSR count). The summed E-state index contributed by atoms with van der Waals surface area (Å²) in [4.78, 5) is 40.7. The number of aromatic carboxylic acids is 1. The number of carbonyl (C=O) groups is 3. The zero-order chi connectivity index (χ0) is 27.7. The Morgan fingerprint density at radius 2 is 1.79 bits per heavy atom. The molecule has 2 amide bonds.